The third-order valence-corrected chi connectivity index (χ3v) is 2.94. The largest absolute Gasteiger partial charge is 0.453 e. The van der Waals surface area contributed by atoms with Crippen LogP contribution in [0, 0.1) is 0 Å². The van der Waals surface area contributed by atoms with Gasteiger partial charge in [-0.1, -0.05) is 18.9 Å². The number of hydrogen-bond donors (Lipinski definition) is 3. The van der Waals surface area contributed by atoms with E-state index in [2.05, 4.69) is 15.4 Å². The van der Waals surface area contributed by atoms with Crippen LogP contribution in [0.25, 0.3) is 0 Å². The Kier molecular flexibility index (Phi) is 7.89. The number of methoxy groups -OCH3 is 1. The van der Waals surface area contributed by atoms with Crippen molar-refractivity contribution in [3.63, 3.8) is 0 Å². The molecule has 0 fully saturated rings. The number of nitrogens with two attached hydrogens (primary N) is 1. The van der Waals surface area contributed by atoms with Crippen LogP contribution in [0.15, 0.2) is 24.3 Å². The SMILES string of the molecule is COC(=O)Nc1cccc(NC(=O)CCCCCCN)c1. The van der Waals surface area contributed by atoms with Crippen LogP contribution in [0.4, 0.5) is 16.2 Å². The van der Waals surface area contributed by atoms with E-state index in [0.717, 1.165) is 25.7 Å². The molecule has 1 aromatic carbocycles. The van der Waals surface area contributed by atoms with Gasteiger partial charge in [-0.3, -0.25) is 10.1 Å². The van der Waals surface area contributed by atoms with Crippen molar-refractivity contribution in [2.75, 3.05) is 24.3 Å². The minimum absolute atomic E-state index is 0.0297. The van der Waals surface area contributed by atoms with E-state index in [1.165, 1.54) is 7.11 Å². The lowest BCUT2D eigenvalue weighted by Crippen LogP contribution is -2.13. The third-order valence-electron chi connectivity index (χ3n) is 2.94. The second-order valence-corrected chi connectivity index (χ2v) is 4.70. The van der Waals surface area contributed by atoms with Crippen LogP contribution in [-0.2, 0) is 9.53 Å². The zero-order valence-electron chi connectivity index (χ0n) is 12.4. The number of rotatable bonds is 8. The molecule has 4 N–H and O–H groups in total. The van der Waals surface area contributed by atoms with Crippen molar-refractivity contribution in [1.29, 1.82) is 0 Å². The van der Waals surface area contributed by atoms with Crippen molar-refractivity contribution in [2.24, 2.45) is 5.73 Å². The fraction of sp³-hybridized carbons (Fsp3) is 0.467. The quantitative estimate of drug-likeness (QED) is 0.642. The molecule has 0 heterocycles. The second-order valence-electron chi connectivity index (χ2n) is 4.70. The molecule has 0 spiro atoms. The predicted molar refractivity (Wildman–Crippen MR) is 83.2 cm³/mol. The number of carbonyl (C=O) groups is 2. The average molecular weight is 293 g/mol. The summed E-state index contributed by atoms with van der Waals surface area (Å²) >= 11 is 0. The number of ether oxygens (including phenoxy) is 1. The lowest BCUT2D eigenvalue weighted by Gasteiger charge is -2.08. The number of benzene rings is 1. The molecule has 0 saturated heterocycles. The Labute approximate surface area is 125 Å². The second kappa shape index (κ2) is 9.77. The summed E-state index contributed by atoms with van der Waals surface area (Å²) in [4.78, 5) is 22.9. The first-order chi connectivity index (χ1) is 10.2. The van der Waals surface area contributed by atoms with Gasteiger partial charge in [0.25, 0.3) is 0 Å². The summed E-state index contributed by atoms with van der Waals surface area (Å²) in [5.74, 6) is -0.0297. The highest BCUT2D eigenvalue weighted by molar-refractivity contribution is 5.92. The molecule has 0 aliphatic heterocycles. The predicted octanol–water partition coefficient (Wildman–Crippen LogP) is 2.71. The maximum atomic E-state index is 11.8. The van der Waals surface area contributed by atoms with Crippen molar-refractivity contribution >= 4 is 23.4 Å². The molecule has 0 unspecified atom stereocenters. The molecule has 0 radical (unpaired) electrons. The Balaban J connectivity index is 2.38. The Bertz CT molecular complexity index is 463. The number of unbranched alkanes of at least 4 members (excludes halogenated alkanes) is 3. The minimum Gasteiger partial charge on any atom is -0.453 e. The number of nitrogens with one attached hydrogen (secondary N) is 2. The van der Waals surface area contributed by atoms with Gasteiger partial charge in [-0.25, -0.2) is 4.79 Å². The first-order valence-electron chi connectivity index (χ1n) is 7.10. The molecule has 6 nitrogen and oxygen atoms in total. The van der Waals surface area contributed by atoms with Gasteiger partial charge in [0.15, 0.2) is 0 Å². The van der Waals surface area contributed by atoms with Crippen LogP contribution in [-0.4, -0.2) is 25.7 Å². The van der Waals surface area contributed by atoms with Gasteiger partial charge in [0.05, 0.1) is 7.11 Å². The summed E-state index contributed by atoms with van der Waals surface area (Å²) in [7, 11) is 1.30. The first-order valence-corrected chi connectivity index (χ1v) is 7.10. The summed E-state index contributed by atoms with van der Waals surface area (Å²) in [6.45, 7) is 0.701. The number of hydrogen-bond acceptors (Lipinski definition) is 4. The average Bonchev–Trinajstić information content (AvgIpc) is 2.47. The first kappa shape index (κ1) is 17.0. The summed E-state index contributed by atoms with van der Waals surface area (Å²) in [5.41, 5.74) is 6.63. The van der Waals surface area contributed by atoms with E-state index >= 15 is 0 Å². The Hall–Kier alpha value is -2.08. The van der Waals surface area contributed by atoms with Crippen LogP contribution < -0.4 is 16.4 Å². The van der Waals surface area contributed by atoms with Gasteiger partial charge in [-0.05, 0) is 37.6 Å². The third kappa shape index (κ3) is 7.31. The molecule has 1 aromatic rings. The lowest BCUT2D eigenvalue weighted by atomic mass is 10.1. The van der Waals surface area contributed by atoms with Crippen molar-refractivity contribution in [3.8, 4) is 0 Å². The van der Waals surface area contributed by atoms with E-state index in [1.807, 2.05) is 0 Å². The van der Waals surface area contributed by atoms with Gasteiger partial charge in [0.2, 0.25) is 5.91 Å². The molecule has 1 rings (SSSR count). The van der Waals surface area contributed by atoms with Crippen LogP contribution >= 0.6 is 0 Å². The summed E-state index contributed by atoms with van der Waals surface area (Å²) in [6, 6.07) is 6.93. The highest BCUT2D eigenvalue weighted by Gasteiger charge is 2.05. The van der Waals surface area contributed by atoms with E-state index in [4.69, 9.17) is 5.73 Å². The number of anilines is 2. The Morgan fingerprint density at radius 3 is 2.43 bits per heavy atom. The van der Waals surface area contributed by atoms with Crippen molar-refractivity contribution in [3.05, 3.63) is 24.3 Å². The molecule has 0 atom stereocenters. The number of amides is 2. The van der Waals surface area contributed by atoms with Gasteiger partial charge in [-0.15, -0.1) is 0 Å². The zero-order chi connectivity index (χ0) is 15.5. The molecule has 0 aromatic heterocycles. The highest BCUT2D eigenvalue weighted by Crippen LogP contribution is 2.16. The Morgan fingerprint density at radius 1 is 1.10 bits per heavy atom. The van der Waals surface area contributed by atoms with Gasteiger partial charge in [0, 0.05) is 17.8 Å². The van der Waals surface area contributed by atoms with Crippen LogP contribution in [0.3, 0.4) is 0 Å². The van der Waals surface area contributed by atoms with Crippen LogP contribution in [0.5, 0.6) is 0 Å². The van der Waals surface area contributed by atoms with Crippen molar-refractivity contribution in [1.82, 2.24) is 0 Å². The van der Waals surface area contributed by atoms with Gasteiger partial charge >= 0.3 is 6.09 Å². The molecule has 2 amide bonds. The standard InChI is InChI=1S/C15H23N3O3/c1-21-15(20)18-13-8-6-7-12(11-13)17-14(19)9-4-2-3-5-10-16/h6-8,11H,2-5,9-10,16H2,1H3,(H,17,19)(H,18,20). The fourth-order valence-electron chi connectivity index (χ4n) is 1.85. The zero-order valence-corrected chi connectivity index (χ0v) is 12.4. The van der Waals surface area contributed by atoms with E-state index in [9.17, 15) is 9.59 Å². The van der Waals surface area contributed by atoms with Crippen molar-refractivity contribution in [2.45, 2.75) is 32.1 Å². The van der Waals surface area contributed by atoms with Crippen LogP contribution in [0.1, 0.15) is 32.1 Å². The molecule has 6 heteroatoms. The smallest absolute Gasteiger partial charge is 0.411 e. The fourth-order valence-corrected chi connectivity index (χ4v) is 1.85. The van der Waals surface area contributed by atoms with Crippen molar-refractivity contribution < 1.29 is 14.3 Å². The lowest BCUT2D eigenvalue weighted by molar-refractivity contribution is -0.116. The molecule has 0 aliphatic rings. The van der Waals surface area contributed by atoms with Gasteiger partial charge in [-0.2, -0.15) is 0 Å². The molecule has 21 heavy (non-hydrogen) atoms. The van der Waals surface area contributed by atoms with E-state index in [0.29, 0.717) is 24.3 Å². The Morgan fingerprint density at radius 2 is 1.76 bits per heavy atom. The van der Waals surface area contributed by atoms with Gasteiger partial charge < -0.3 is 15.8 Å². The maximum Gasteiger partial charge on any atom is 0.411 e. The van der Waals surface area contributed by atoms with E-state index < -0.39 is 6.09 Å². The molecule has 0 bridgehead atoms. The summed E-state index contributed by atoms with van der Waals surface area (Å²) in [5, 5.41) is 5.36. The summed E-state index contributed by atoms with van der Waals surface area (Å²) in [6.07, 6.45) is 3.86. The van der Waals surface area contributed by atoms with E-state index in [1.54, 1.807) is 24.3 Å². The maximum absolute atomic E-state index is 11.8. The normalized spacial score (nSPS) is 10.0. The highest BCUT2D eigenvalue weighted by atomic mass is 16.5. The molecule has 0 aliphatic carbocycles. The topological polar surface area (TPSA) is 93.5 Å². The molecular weight excluding hydrogens is 270 g/mol. The number of carbonyl (C=O) groups excluding carboxylic acids is 2. The summed E-state index contributed by atoms with van der Waals surface area (Å²) < 4.78 is 4.51. The molecule has 116 valence electrons. The minimum atomic E-state index is -0.543. The molecule has 0 saturated carbocycles. The van der Waals surface area contributed by atoms with Crippen LogP contribution in [0.2, 0.25) is 0 Å². The van der Waals surface area contributed by atoms with E-state index in [-0.39, 0.29) is 5.91 Å². The monoisotopic (exact) mass is 293 g/mol. The molecular formula is C15H23N3O3. The van der Waals surface area contributed by atoms with Gasteiger partial charge in [0.1, 0.15) is 0 Å².